The van der Waals surface area contributed by atoms with E-state index in [1.165, 1.54) is 31.8 Å². The maximum absolute atomic E-state index is 12.0. The number of carbonyl (C=O) groups is 2. The molecule has 2 rings (SSSR count). The standard InChI is InChI=1S/C13H11ClN2O4/c1-19-11-3-2-9(14)6-10(11)13(18)16-15-12(17)8-4-5-20-7-8/h2-7H,1H3,(H,15,17)(H,16,18). The largest absolute Gasteiger partial charge is 0.496 e. The van der Waals surface area contributed by atoms with E-state index in [1.807, 2.05) is 0 Å². The van der Waals surface area contributed by atoms with Crippen molar-refractivity contribution in [3.05, 3.63) is 52.9 Å². The van der Waals surface area contributed by atoms with Crippen molar-refractivity contribution < 1.29 is 18.7 Å². The average molecular weight is 295 g/mol. The van der Waals surface area contributed by atoms with Gasteiger partial charge in [0.1, 0.15) is 12.0 Å². The van der Waals surface area contributed by atoms with Crippen LogP contribution in [0.5, 0.6) is 5.75 Å². The van der Waals surface area contributed by atoms with Crippen molar-refractivity contribution in [2.75, 3.05) is 7.11 Å². The van der Waals surface area contributed by atoms with Crippen molar-refractivity contribution in [1.29, 1.82) is 0 Å². The molecule has 1 aromatic heterocycles. The van der Waals surface area contributed by atoms with Gasteiger partial charge in [0, 0.05) is 5.02 Å². The van der Waals surface area contributed by atoms with E-state index in [1.54, 1.807) is 12.1 Å². The lowest BCUT2D eigenvalue weighted by Gasteiger charge is -2.10. The number of furan rings is 1. The van der Waals surface area contributed by atoms with E-state index in [2.05, 4.69) is 10.9 Å². The zero-order valence-corrected chi connectivity index (χ0v) is 11.2. The Morgan fingerprint density at radius 2 is 1.95 bits per heavy atom. The minimum atomic E-state index is -0.541. The van der Waals surface area contributed by atoms with Gasteiger partial charge in [-0.15, -0.1) is 0 Å². The number of amides is 2. The van der Waals surface area contributed by atoms with E-state index in [0.717, 1.165) is 0 Å². The highest BCUT2D eigenvalue weighted by molar-refractivity contribution is 6.31. The fourth-order valence-electron chi connectivity index (χ4n) is 1.50. The van der Waals surface area contributed by atoms with Crippen LogP contribution in [0.2, 0.25) is 5.02 Å². The van der Waals surface area contributed by atoms with Gasteiger partial charge >= 0.3 is 0 Å². The van der Waals surface area contributed by atoms with Crippen LogP contribution < -0.4 is 15.6 Å². The van der Waals surface area contributed by atoms with Crippen molar-refractivity contribution in [2.45, 2.75) is 0 Å². The van der Waals surface area contributed by atoms with Gasteiger partial charge in [0.2, 0.25) is 0 Å². The fourth-order valence-corrected chi connectivity index (χ4v) is 1.68. The molecule has 6 nitrogen and oxygen atoms in total. The molecule has 104 valence electrons. The SMILES string of the molecule is COc1ccc(Cl)cc1C(=O)NNC(=O)c1ccoc1. The van der Waals surface area contributed by atoms with Crippen molar-refractivity contribution in [1.82, 2.24) is 10.9 Å². The van der Waals surface area contributed by atoms with Gasteiger partial charge in [-0.3, -0.25) is 20.4 Å². The molecular weight excluding hydrogens is 284 g/mol. The molecule has 0 atom stereocenters. The second-order valence-corrected chi connectivity index (χ2v) is 4.20. The number of hydrogen-bond acceptors (Lipinski definition) is 4. The first kappa shape index (κ1) is 14.0. The van der Waals surface area contributed by atoms with E-state index in [-0.39, 0.29) is 5.56 Å². The normalized spacial score (nSPS) is 9.90. The lowest BCUT2D eigenvalue weighted by Crippen LogP contribution is -2.41. The predicted octanol–water partition coefficient (Wildman–Crippen LogP) is 2.02. The Bertz CT molecular complexity index is 625. The molecule has 0 fully saturated rings. The molecule has 0 unspecified atom stereocenters. The van der Waals surface area contributed by atoms with Gasteiger partial charge in [-0.1, -0.05) is 11.6 Å². The van der Waals surface area contributed by atoms with E-state index >= 15 is 0 Å². The molecular formula is C13H11ClN2O4. The lowest BCUT2D eigenvalue weighted by molar-refractivity contribution is 0.0844. The van der Waals surface area contributed by atoms with Crippen LogP contribution in [0.15, 0.2) is 41.2 Å². The molecule has 0 aliphatic heterocycles. The maximum atomic E-state index is 12.0. The first-order chi connectivity index (χ1) is 9.61. The zero-order chi connectivity index (χ0) is 14.5. The number of hydrazine groups is 1. The molecule has 0 saturated heterocycles. The minimum absolute atomic E-state index is 0.215. The number of nitrogens with one attached hydrogen (secondary N) is 2. The summed E-state index contributed by atoms with van der Waals surface area (Å²) in [6.07, 6.45) is 2.62. The Labute approximate surface area is 119 Å². The third-order valence-corrected chi connectivity index (χ3v) is 2.71. The van der Waals surface area contributed by atoms with Crippen molar-refractivity contribution >= 4 is 23.4 Å². The van der Waals surface area contributed by atoms with Crippen LogP contribution in [-0.4, -0.2) is 18.9 Å². The van der Waals surface area contributed by atoms with E-state index in [0.29, 0.717) is 16.3 Å². The Kier molecular flexibility index (Phi) is 4.27. The van der Waals surface area contributed by atoms with Crippen LogP contribution in [0.4, 0.5) is 0 Å². The molecule has 0 saturated carbocycles. The third kappa shape index (κ3) is 3.10. The molecule has 0 bridgehead atoms. The molecule has 20 heavy (non-hydrogen) atoms. The van der Waals surface area contributed by atoms with Gasteiger partial charge in [-0.2, -0.15) is 0 Å². The van der Waals surface area contributed by atoms with Gasteiger partial charge in [0.25, 0.3) is 11.8 Å². The summed E-state index contributed by atoms with van der Waals surface area (Å²) in [5.74, 6) is -0.682. The summed E-state index contributed by atoms with van der Waals surface area (Å²) in [5.41, 5.74) is 5.04. The number of methoxy groups -OCH3 is 1. The molecule has 0 aliphatic rings. The van der Waals surface area contributed by atoms with Gasteiger partial charge in [0.15, 0.2) is 0 Å². The molecule has 2 amide bonds. The van der Waals surface area contributed by atoms with E-state index in [4.69, 9.17) is 20.8 Å². The highest BCUT2D eigenvalue weighted by Gasteiger charge is 2.14. The molecule has 1 heterocycles. The van der Waals surface area contributed by atoms with Gasteiger partial charge in [0.05, 0.1) is 24.5 Å². The first-order valence-corrected chi connectivity index (χ1v) is 5.96. The number of halogens is 1. The predicted molar refractivity (Wildman–Crippen MR) is 71.6 cm³/mol. The van der Waals surface area contributed by atoms with Crippen LogP contribution in [-0.2, 0) is 0 Å². The maximum Gasteiger partial charge on any atom is 0.273 e. The third-order valence-electron chi connectivity index (χ3n) is 2.48. The topological polar surface area (TPSA) is 80.6 Å². The van der Waals surface area contributed by atoms with E-state index in [9.17, 15) is 9.59 Å². The molecule has 2 aromatic rings. The highest BCUT2D eigenvalue weighted by Crippen LogP contribution is 2.22. The van der Waals surface area contributed by atoms with Crippen LogP contribution in [0.3, 0.4) is 0 Å². The number of rotatable bonds is 3. The van der Waals surface area contributed by atoms with Crippen molar-refractivity contribution in [3.63, 3.8) is 0 Å². The second-order valence-electron chi connectivity index (χ2n) is 3.76. The average Bonchev–Trinajstić information content (AvgIpc) is 2.98. The number of ether oxygens (including phenoxy) is 1. The Hall–Kier alpha value is -2.47. The fraction of sp³-hybridized carbons (Fsp3) is 0.0769. The smallest absolute Gasteiger partial charge is 0.273 e. The minimum Gasteiger partial charge on any atom is -0.496 e. The second kappa shape index (κ2) is 6.12. The van der Waals surface area contributed by atoms with Gasteiger partial charge in [-0.05, 0) is 24.3 Å². The quantitative estimate of drug-likeness (QED) is 0.849. The molecule has 0 aliphatic carbocycles. The van der Waals surface area contributed by atoms with Crippen molar-refractivity contribution in [2.24, 2.45) is 0 Å². The molecule has 0 radical (unpaired) electrons. The van der Waals surface area contributed by atoms with Gasteiger partial charge < -0.3 is 9.15 Å². The molecule has 2 N–H and O–H groups in total. The summed E-state index contributed by atoms with van der Waals surface area (Å²) in [5, 5.41) is 0.386. The molecule has 7 heteroatoms. The zero-order valence-electron chi connectivity index (χ0n) is 10.5. The Morgan fingerprint density at radius 1 is 1.20 bits per heavy atom. The van der Waals surface area contributed by atoms with Crippen LogP contribution in [0, 0.1) is 0 Å². The van der Waals surface area contributed by atoms with E-state index < -0.39 is 11.8 Å². The Morgan fingerprint density at radius 3 is 2.60 bits per heavy atom. The highest BCUT2D eigenvalue weighted by atomic mass is 35.5. The Balaban J connectivity index is 2.05. The van der Waals surface area contributed by atoms with Gasteiger partial charge in [-0.25, -0.2) is 0 Å². The number of carbonyl (C=O) groups excluding carboxylic acids is 2. The summed E-state index contributed by atoms with van der Waals surface area (Å²) >= 11 is 5.83. The summed E-state index contributed by atoms with van der Waals surface area (Å²) in [6.45, 7) is 0. The van der Waals surface area contributed by atoms with Crippen LogP contribution in [0.1, 0.15) is 20.7 Å². The summed E-state index contributed by atoms with van der Waals surface area (Å²) in [4.78, 5) is 23.6. The van der Waals surface area contributed by atoms with Crippen LogP contribution in [0.25, 0.3) is 0 Å². The first-order valence-electron chi connectivity index (χ1n) is 5.58. The molecule has 1 aromatic carbocycles. The summed E-state index contributed by atoms with van der Waals surface area (Å²) < 4.78 is 9.82. The summed E-state index contributed by atoms with van der Waals surface area (Å²) in [6, 6.07) is 6.08. The number of hydrogen-bond donors (Lipinski definition) is 2. The summed E-state index contributed by atoms with van der Waals surface area (Å²) in [7, 11) is 1.43. The number of benzene rings is 1. The van der Waals surface area contributed by atoms with Crippen LogP contribution >= 0.6 is 11.6 Å². The lowest BCUT2D eigenvalue weighted by atomic mass is 10.2. The monoisotopic (exact) mass is 294 g/mol. The van der Waals surface area contributed by atoms with Crippen molar-refractivity contribution in [3.8, 4) is 5.75 Å². The molecule has 0 spiro atoms.